The highest BCUT2D eigenvalue weighted by Gasteiger charge is 2.34. The number of carbonyl (C=O) groups is 1. The van der Waals surface area contributed by atoms with Crippen LogP contribution in [0.5, 0.6) is 0 Å². The number of amides is 1. The number of nitriles is 1. The second-order valence-electron chi connectivity index (χ2n) is 8.18. The number of nitrogens with one attached hydrogen (secondary N) is 1. The number of nitrogens with zero attached hydrogens (tertiary/aromatic N) is 4. The molecule has 1 amide bonds. The van der Waals surface area contributed by atoms with Crippen LogP contribution in [0.2, 0.25) is 0 Å². The Morgan fingerprint density at radius 3 is 2.47 bits per heavy atom. The van der Waals surface area contributed by atoms with E-state index in [-0.39, 0.29) is 41.2 Å². The minimum atomic E-state index is -3.83. The zero-order valence-corrected chi connectivity index (χ0v) is 19.4. The highest BCUT2D eigenvalue weighted by molar-refractivity contribution is 7.89. The van der Waals surface area contributed by atoms with E-state index in [4.69, 9.17) is 0 Å². The molecule has 10 heteroatoms. The molecule has 176 valence electrons. The zero-order chi connectivity index (χ0) is 24.3. The molecule has 2 aromatic carbocycles. The van der Waals surface area contributed by atoms with E-state index in [0.29, 0.717) is 24.2 Å². The van der Waals surface area contributed by atoms with E-state index in [2.05, 4.69) is 10.3 Å². The summed E-state index contributed by atoms with van der Waals surface area (Å²) in [5.74, 6) is -0.374. The van der Waals surface area contributed by atoms with Gasteiger partial charge in [-0.05, 0) is 42.7 Å². The van der Waals surface area contributed by atoms with E-state index < -0.39 is 16.1 Å². The number of imidazole rings is 1. The van der Waals surface area contributed by atoms with Crippen molar-refractivity contribution in [1.82, 2.24) is 19.2 Å². The van der Waals surface area contributed by atoms with Gasteiger partial charge in [0.2, 0.25) is 15.9 Å². The van der Waals surface area contributed by atoms with Crippen LogP contribution in [0.25, 0.3) is 0 Å². The van der Waals surface area contributed by atoms with Gasteiger partial charge in [0, 0.05) is 38.4 Å². The first-order valence-electron chi connectivity index (χ1n) is 10.8. The molecule has 8 nitrogen and oxygen atoms in total. The summed E-state index contributed by atoms with van der Waals surface area (Å²) in [5.41, 5.74) is 0.789. The Morgan fingerprint density at radius 2 is 1.85 bits per heavy atom. The average molecular weight is 482 g/mol. The van der Waals surface area contributed by atoms with Gasteiger partial charge < -0.3 is 9.88 Å². The molecular formula is C24H24FN5O3S. The van der Waals surface area contributed by atoms with Crippen LogP contribution in [0.3, 0.4) is 0 Å². The number of benzene rings is 2. The number of carbonyl (C=O) groups excluding carboxylic acids is 1. The maximum atomic E-state index is 13.4. The van der Waals surface area contributed by atoms with Gasteiger partial charge in [-0.1, -0.05) is 24.3 Å². The van der Waals surface area contributed by atoms with Crippen LogP contribution in [0, 0.1) is 23.1 Å². The van der Waals surface area contributed by atoms with Gasteiger partial charge in [0.25, 0.3) is 0 Å². The largest absolute Gasteiger partial charge is 0.342 e. The fraction of sp³-hybridized carbons (Fsp3) is 0.292. The number of piperidine rings is 1. The lowest BCUT2D eigenvalue weighted by molar-refractivity contribution is -0.126. The van der Waals surface area contributed by atoms with E-state index in [0.717, 1.165) is 0 Å². The lowest BCUT2D eigenvalue weighted by Crippen LogP contribution is -2.44. The highest BCUT2D eigenvalue weighted by atomic mass is 32.2. The number of aryl methyl sites for hydroxylation is 1. The third-order valence-corrected chi connectivity index (χ3v) is 8.01. The minimum absolute atomic E-state index is 0.0217. The Labute approximate surface area is 197 Å². The van der Waals surface area contributed by atoms with Crippen molar-refractivity contribution >= 4 is 15.9 Å². The summed E-state index contributed by atoms with van der Waals surface area (Å²) in [4.78, 5) is 17.5. The van der Waals surface area contributed by atoms with E-state index >= 15 is 0 Å². The van der Waals surface area contributed by atoms with Crippen LogP contribution in [0.1, 0.15) is 35.8 Å². The van der Waals surface area contributed by atoms with Crippen molar-refractivity contribution in [2.45, 2.75) is 23.8 Å². The molecule has 1 aliphatic heterocycles. The zero-order valence-electron chi connectivity index (χ0n) is 18.6. The number of sulfonamides is 1. The average Bonchev–Trinajstić information content (AvgIpc) is 3.28. The van der Waals surface area contributed by atoms with Crippen molar-refractivity contribution in [3.63, 3.8) is 0 Å². The molecule has 2 heterocycles. The molecule has 0 saturated carbocycles. The smallest absolute Gasteiger partial charge is 0.244 e. The third kappa shape index (κ3) is 4.71. The number of aromatic nitrogens is 2. The first-order chi connectivity index (χ1) is 16.3. The number of halogens is 1. The molecule has 4 rings (SSSR count). The summed E-state index contributed by atoms with van der Waals surface area (Å²) in [5, 5.41) is 12.3. The normalized spacial score (nSPS) is 16.0. The third-order valence-electron chi connectivity index (χ3n) is 6.06. The summed E-state index contributed by atoms with van der Waals surface area (Å²) in [6.07, 6.45) is 4.08. The molecule has 0 spiro atoms. The molecule has 0 aliphatic carbocycles. The fourth-order valence-electron chi connectivity index (χ4n) is 4.15. The summed E-state index contributed by atoms with van der Waals surface area (Å²) in [7, 11) is -2.02. The first kappa shape index (κ1) is 23.6. The lowest BCUT2D eigenvalue weighted by Gasteiger charge is -2.31. The van der Waals surface area contributed by atoms with Crippen LogP contribution in [-0.4, -0.2) is 41.3 Å². The Balaban J connectivity index is 1.48. The van der Waals surface area contributed by atoms with Gasteiger partial charge in [-0.25, -0.2) is 17.8 Å². The van der Waals surface area contributed by atoms with Gasteiger partial charge >= 0.3 is 0 Å². The quantitative estimate of drug-likeness (QED) is 0.583. The van der Waals surface area contributed by atoms with Gasteiger partial charge in [-0.3, -0.25) is 4.79 Å². The second-order valence-corrected chi connectivity index (χ2v) is 10.1. The second kappa shape index (κ2) is 9.75. The summed E-state index contributed by atoms with van der Waals surface area (Å²) in [6, 6.07) is 13.3. The van der Waals surface area contributed by atoms with Crippen molar-refractivity contribution in [3.8, 4) is 6.07 Å². The van der Waals surface area contributed by atoms with Crippen molar-refractivity contribution in [1.29, 1.82) is 5.26 Å². The standard InChI is InChI=1S/C24H24FN5O3S/c1-29-15-12-27-23(29)22(17-6-8-20(25)9-7-17)28-24(31)18-10-13-30(14-11-18)34(32,33)21-5-3-2-4-19(21)16-26/h2-9,12,15,18,22H,10-11,13-14H2,1H3,(H,28,31)/t22-/m0/s1. The van der Waals surface area contributed by atoms with Crippen molar-refractivity contribution in [2.24, 2.45) is 13.0 Å². The maximum Gasteiger partial charge on any atom is 0.244 e. The van der Waals surface area contributed by atoms with Gasteiger partial charge in [0.15, 0.2) is 0 Å². The monoisotopic (exact) mass is 481 g/mol. The summed E-state index contributed by atoms with van der Waals surface area (Å²) >= 11 is 0. The van der Waals surface area contributed by atoms with E-state index in [1.165, 1.54) is 28.6 Å². The molecule has 1 N–H and O–H groups in total. The SMILES string of the molecule is Cn1ccnc1[C@@H](NC(=O)C1CCN(S(=O)(=O)c2ccccc2C#N)CC1)c1ccc(F)cc1. The molecule has 1 fully saturated rings. The predicted molar refractivity (Wildman–Crippen MR) is 122 cm³/mol. The molecule has 1 aliphatic rings. The number of hydrogen-bond acceptors (Lipinski definition) is 5. The Morgan fingerprint density at radius 1 is 1.18 bits per heavy atom. The van der Waals surface area contributed by atoms with Crippen LogP contribution in [0.4, 0.5) is 4.39 Å². The summed E-state index contributed by atoms with van der Waals surface area (Å²) < 4.78 is 42.7. The van der Waals surface area contributed by atoms with Crippen LogP contribution < -0.4 is 5.32 Å². The summed E-state index contributed by atoms with van der Waals surface area (Å²) in [6.45, 7) is 0.341. The molecule has 0 radical (unpaired) electrons. The Kier molecular flexibility index (Phi) is 6.77. The Hall–Kier alpha value is -3.55. The number of rotatable bonds is 6. The topological polar surface area (TPSA) is 108 Å². The number of hydrogen-bond donors (Lipinski definition) is 1. The molecule has 1 atom stereocenters. The van der Waals surface area contributed by atoms with Gasteiger partial charge in [-0.2, -0.15) is 9.57 Å². The van der Waals surface area contributed by atoms with Crippen LogP contribution in [-0.2, 0) is 21.9 Å². The molecule has 0 unspecified atom stereocenters. The highest BCUT2D eigenvalue weighted by Crippen LogP contribution is 2.27. The van der Waals surface area contributed by atoms with Crippen molar-refractivity contribution in [3.05, 3.63) is 83.7 Å². The molecular weight excluding hydrogens is 457 g/mol. The van der Waals surface area contributed by atoms with Crippen LogP contribution >= 0.6 is 0 Å². The van der Waals surface area contributed by atoms with Gasteiger partial charge in [0.1, 0.15) is 23.8 Å². The maximum absolute atomic E-state index is 13.4. The fourth-order valence-corrected chi connectivity index (χ4v) is 5.76. The van der Waals surface area contributed by atoms with Crippen molar-refractivity contribution < 1.29 is 17.6 Å². The van der Waals surface area contributed by atoms with E-state index in [9.17, 15) is 22.9 Å². The van der Waals surface area contributed by atoms with E-state index in [1.807, 2.05) is 13.1 Å². The molecule has 3 aromatic rings. The van der Waals surface area contributed by atoms with Gasteiger partial charge in [0.05, 0.1) is 10.5 Å². The molecule has 1 saturated heterocycles. The molecule has 34 heavy (non-hydrogen) atoms. The van der Waals surface area contributed by atoms with Crippen LogP contribution in [0.15, 0.2) is 65.8 Å². The molecule has 1 aromatic heterocycles. The molecule has 0 bridgehead atoms. The van der Waals surface area contributed by atoms with Crippen molar-refractivity contribution in [2.75, 3.05) is 13.1 Å². The minimum Gasteiger partial charge on any atom is -0.342 e. The first-order valence-corrected chi connectivity index (χ1v) is 12.3. The van der Waals surface area contributed by atoms with Gasteiger partial charge in [-0.15, -0.1) is 0 Å². The predicted octanol–water partition coefficient (Wildman–Crippen LogP) is 2.74. The van der Waals surface area contributed by atoms with E-state index in [1.54, 1.807) is 41.2 Å². The Bertz CT molecular complexity index is 1320. The lowest BCUT2D eigenvalue weighted by atomic mass is 9.96.